The van der Waals surface area contributed by atoms with Gasteiger partial charge in [-0.2, -0.15) is 0 Å². The van der Waals surface area contributed by atoms with E-state index in [-0.39, 0.29) is 24.6 Å². The first-order valence-corrected chi connectivity index (χ1v) is 6.84. The number of amides is 1. The summed E-state index contributed by atoms with van der Waals surface area (Å²) >= 11 is 0. The summed E-state index contributed by atoms with van der Waals surface area (Å²) in [7, 11) is 0. The van der Waals surface area contributed by atoms with Crippen molar-refractivity contribution in [1.29, 1.82) is 0 Å². The first-order chi connectivity index (χ1) is 8.82. The van der Waals surface area contributed by atoms with Crippen LogP contribution in [-0.2, 0) is 4.79 Å². The van der Waals surface area contributed by atoms with Crippen LogP contribution in [0, 0.1) is 13.8 Å². The first-order valence-electron chi connectivity index (χ1n) is 6.84. The summed E-state index contributed by atoms with van der Waals surface area (Å²) in [6.45, 7) is 12.2. The highest BCUT2D eigenvalue weighted by Crippen LogP contribution is 2.19. The third-order valence-electron chi connectivity index (χ3n) is 3.10. The van der Waals surface area contributed by atoms with E-state index in [1.165, 1.54) is 0 Å². The van der Waals surface area contributed by atoms with Gasteiger partial charge < -0.3 is 9.64 Å². The maximum absolute atomic E-state index is 12.2. The minimum Gasteiger partial charge on any atom is -0.483 e. The van der Waals surface area contributed by atoms with Gasteiger partial charge in [-0.05, 0) is 58.7 Å². The zero-order valence-electron chi connectivity index (χ0n) is 12.9. The first kappa shape index (κ1) is 15.5. The number of carbonyl (C=O) groups excluding carboxylic acids is 1. The molecule has 1 aromatic rings. The summed E-state index contributed by atoms with van der Waals surface area (Å²) in [5.41, 5.74) is 2.19. The molecule has 0 spiro atoms. The Bertz CT molecular complexity index is 430. The molecule has 0 unspecified atom stereocenters. The van der Waals surface area contributed by atoms with Crippen LogP contribution in [0.25, 0.3) is 0 Å². The van der Waals surface area contributed by atoms with Gasteiger partial charge in [0, 0.05) is 12.1 Å². The number of hydrogen-bond donors (Lipinski definition) is 0. The van der Waals surface area contributed by atoms with E-state index in [2.05, 4.69) is 0 Å². The van der Waals surface area contributed by atoms with Crippen molar-refractivity contribution in [2.45, 2.75) is 53.6 Å². The smallest absolute Gasteiger partial charge is 0.260 e. The van der Waals surface area contributed by atoms with Crippen molar-refractivity contribution in [2.75, 3.05) is 6.61 Å². The third kappa shape index (κ3) is 4.27. The van der Waals surface area contributed by atoms with E-state index in [9.17, 15) is 4.79 Å². The molecule has 106 valence electrons. The lowest BCUT2D eigenvalue weighted by molar-refractivity contribution is -0.136. The lowest BCUT2D eigenvalue weighted by atomic mass is 10.1. The van der Waals surface area contributed by atoms with Crippen molar-refractivity contribution >= 4 is 5.91 Å². The van der Waals surface area contributed by atoms with E-state index >= 15 is 0 Å². The number of hydrogen-bond acceptors (Lipinski definition) is 2. The average molecular weight is 263 g/mol. The van der Waals surface area contributed by atoms with Crippen LogP contribution in [0.5, 0.6) is 5.75 Å². The number of carbonyl (C=O) groups is 1. The van der Waals surface area contributed by atoms with Crippen LogP contribution in [-0.4, -0.2) is 29.5 Å². The molecule has 1 amide bonds. The number of nitrogens with zero attached hydrogens (tertiary/aromatic N) is 1. The van der Waals surface area contributed by atoms with Crippen LogP contribution in [0.3, 0.4) is 0 Å². The molecule has 0 fully saturated rings. The molecular weight excluding hydrogens is 238 g/mol. The molecule has 0 N–H and O–H groups in total. The van der Waals surface area contributed by atoms with Crippen LogP contribution >= 0.6 is 0 Å². The zero-order chi connectivity index (χ0) is 14.6. The van der Waals surface area contributed by atoms with Gasteiger partial charge in [0.25, 0.3) is 5.91 Å². The number of ether oxygens (including phenoxy) is 1. The summed E-state index contributed by atoms with van der Waals surface area (Å²) < 4.78 is 5.67. The highest BCUT2D eigenvalue weighted by Gasteiger charge is 2.20. The number of rotatable bonds is 5. The molecule has 0 aliphatic rings. The highest BCUT2D eigenvalue weighted by molar-refractivity contribution is 5.78. The van der Waals surface area contributed by atoms with Crippen LogP contribution in [0.4, 0.5) is 0 Å². The van der Waals surface area contributed by atoms with Crippen LogP contribution in [0.1, 0.15) is 38.8 Å². The normalized spacial score (nSPS) is 10.9. The molecule has 3 nitrogen and oxygen atoms in total. The van der Waals surface area contributed by atoms with Gasteiger partial charge in [-0.15, -0.1) is 0 Å². The van der Waals surface area contributed by atoms with Crippen LogP contribution in [0.15, 0.2) is 18.2 Å². The summed E-state index contributed by atoms with van der Waals surface area (Å²) in [6, 6.07) is 6.40. The number of aryl methyl sites for hydroxylation is 2. The standard InChI is InChI=1S/C16H25NO2/c1-11(2)17(12(3)4)16(18)10-19-15-9-13(5)7-8-14(15)6/h7-9,11-12H,10H2,1-6H3. The molecule has 0 saturated heterocycles. The van der Waals surface area contributed by atoms with Crippen molar-refractivity contribution in [3.63, 3.8) is 0 Å². The van der Waals surface area contributed by atoms with Gasteiger partial charge >= 0.3 is 0 Å². The fourth-order valence-electron chi connectivity index (χ4n) is 2.25. The van der Waals surface area contributed by atoms with Crippen molar-refractivity contribution in [3.05, 3.63) is 29.3 Å². The van der Waals surface area contributed by atoms with Gasteiger partial charge in [0.1, 0.15) is 5.75 Å². The van der Waals surface area contributed by atoms with Gasteiger partial charge in [0.05, 0.1) is 0 Å². The summed E-state index contributed by atoms with van der Waals surface area (Å²) in [5, 5.41) is 0. The maximum atomic E-state index is 12.2. The predicted molar refractivity (Wildman–Crippen MR) is 78.5 cm³/mol. The second-order valence-corrected chi connectivity index (χ2v) is 5.55. The van der Waals surface area contributed by atoms with Crippen molar-refractivity contribution in [2.24, 2.45) is 0 Å². The second-order valence-electron chi connectivity index (χ2n) is 5.55. The molecule has 0 atom stereocenters. The summed E-state index contributed by atoms with van der Waals surface area (Å²) in [6.07, 6.45) is 0. The molecule has 0 bridgehead atoms. The Morgan fingerprint density at radius 2 is 1.74 bits per heavy atom. The molecule has 0 heterocycles. The second kappa shape index (κ2) is 6.60. The largest absolute Gasteiger partial charge is 0.483 e. The predicted octanol–water partition coefficient (Wildman–Crippen LogP) is 3.33. The monoisotopic (exact) mass is 263 g/mol. The molecule has 0 aliphatic heterocycles. The maximum Gasteiger partial charge on any atom is 0.260 e. The molecule has 3 heteroatoms. The van der Waals surface area contributed by atoms with Gasteiger partial charge in [0.2, 0.25) is 0 Å². The van der Waals surface area contributed by atoms with E-state index in [4.69, 9.17) is 4.74 Å². The van der Waals surface area contributed by atoms with Gasteiger partial charge in [0.15, 0.2) is 6.61 Å². The van der Waals surface area contributed by atoms with Crippen molar-refractivity contribution < 1.29 is 9.53 Å². The topological polar surface area (TPSA) is 29.5 Å². The van der Waals surface area contributed by atoms with Crippen molar-refractivity contribution in [1.82, 2.24) is 4.90 Å². The van der Waals surface area contributed by atoms with E-state index in [0.29, 0.717) is 0 Å². The van der Waals surface area contributed by atoms with E-state index < -0.39 is 0 Å². The molecule has 19 heavy (non-hydrogen) atoms. The quantitative estimate of drug-likeness (QED) is 0.815. The Hall–Kier alpha value is -1.51. The Balaban J connectivity index is 2.70. The molecule has 1 rings (SSSR count). The number of benzene rings is 1. The lowest BCUT2D eigenvalue weighted by Crippen LogP contribution is -2.44. The van der Waals surface area contributed by atoms with Gasteiger partial charge in [-0.3, -0.25) is 4.79 Å². The van der Waals surface area contributed by atoms with E-state index in [1.54, 1.807) is 0 Å². The van der Waals surface area contributed by atoms with Gasteiger partial charge in [-0.25, -0.2) is 0 Å². The minimum atomic E-state index is 0.0332. The molecule has 0 saturated carbocycles. The average Bonchev–Trinajstić information content (AvgIpc) is 2.29. The fraction of sp³-hybridized carbons (Fsp3) is 0.562. The summed E-state index contributed by atoms with van der Waals surface area (Å²) in [5.74, 6) is 0.826. The molecule has 0 radical (unpaired) electrons. The van der Waals surface area contributed by atoms with Crippen LogP contribution < -0.4 is 4.74 Å². The zero-order valence-corrected chi connectivity index (χ0v) is 12.9. The molecule has 0 aliphatic carbocycles. The molecule has 0 aromatic heterocycles. The lowest BCUT2D eigenvalue weighted by Gasteiger charge is -2.30. The molecule has 1 aromatic carbocycles. The van der Waals surface area contributed by atoms with E-state index in [0.717, 1.165) is 16.9 Å². The van der Waals surface area contributed by atoms with Gasteiger partial charge in [-0.1, -0.05) is 12.1 Å². The van der Waals surface area contributed by atoms with Crippen molar-refractivity contribution in [3.8, 4) is 5.75 Å². The van der Waals surface area contributed by atoms with Crippen LogP contribution in [0.2, 0.25) is 0 Å². The Labute approximate surface area is 116 Å². The summed E-state index contributed by atoms with van der Waals surface area (Å²) in [4.78, 5) is 14.0. The Morgan fingerprint density at radius 3 is 2.26 bits per heavy atom. The fourth-order valence-corrected chi connectivity index (χ4v) is 2.25. The Kier molecular flexibility index (Phi) is 5.40. The highest BCUT2D eigenvalue weighted by atomic mass is 16.5. The third-order valence-corrected chi connectivity index (χ3v) is 3.10. The Morgan fingerprint density at radius 1 is 1.16 bits per heavy atom. The SMILES string of the molecule is Cc1ccc(C)c(OCC(=O)N(C(C)C)C(C)C)c1. The molecular formula is C16H25NO2. The van der Waals surface area contributed by atoms with E-state index in [1.807, 2.05) is 64.6 Å². The minimum absolute atomic E-state index is 0.0332.